The van der Waals surface area contributed by atoms with Crippen LogP contribution in [0.25, 0.3) is 0 Å². The van der Waals surface area contributed by atoms with Crippen LogP contribution in [0.1, 0.15) is 60.3 Å². The van der Waals surface area contributed by atoms with Crippen LogP contribution in [0.4, 0.5) is 0 Å². The average molecular weight is 300 g/mol. The molecule has 120 valence electrons. The van der Waals surface area contributed by atoms with E-state index in [0.29, 0.717) is 35.7 Å². The van der Waals surface area contributed by atoms with E-state index in [-0.39, 0.29) is 11.6 Å². The molecule has 22 heavy (non-hydrogen) atoms. The molecule has 2 atom stereocenters. The maximum atomic E-state index is 12.2. The molecule has 2 aliphatic carbocycles. The van der Waals surface area contributed by atoms with Crippen molar-refractivity contribution in [2.75, 3.05) is 0 Å². The normalized spacial score (nSPS) is 36.9. The number of carbonyl (C=O) groups excluding carboxylic acids is 2. The summed E-state index contributed by atoms with van der Waals surface area (Å²) < 4.78 is 0. The molecule has 0 bridgehead atoms. The molecular formula is C20H28O2. The number of hydrogen-bond acceptors (Lipinski definition) is 2. The molecule has 2 nitrogen and oxygen atoms in total. The molecule has 2 heteroatoms. The zero-order chi connectivity index (χ0) is 16.5. The fourth-order valence-corrected chi connectivity index (χ4v) is 3.47. The van der Waals surface area contributed by atoms with Gasteiger partial charge in [-0.2, -0.15) is 0 Å². The van der Waals surface area contributed by atoms with Crippen LogP contribution in [0.15, 0.2) is 34.9 Å². The Morgan fingerprint density at radius 1 is 0.955 bits per heavy atom. The minimum Gasteiger partial charge on any atom is -0.294 e. The van der Waals surface area contributed by atoms with Crippen molar-refractivity contribution in [3.05, 3.63) is 34.9 Å². The molecule has 2 rings (SSSR count). The highest BCUT2D eigenvalue weighted by Gasteiger charge is 2.55. The smallest absolute Gasteiger partial charge is 0.162 e. The third-order valence-electron chi connectivity index (χ3n) is 5.53. The second-order valence-corrected chi connectivity index (χ2v) is 7.53. The second kappa shape index (κ2) is 6.36. The summed E-state index contributed by atoms with van der Waals surface area (Å²) in [5, 5.41) is 0. The lowest BCUT2D eigenvalue weighted by atomic mass is 10.0. The number of Topliss-reactive ketones (excluding diaryl/α,β-unsaturated/α-hetero) is 2. The average Bonchev–Trinajstić information content (AvgIpc) is 2.98. The molecule has 0 heterocycles. The van der Waals surface area contributed by atoms with Gasteiger partial charge in [-0.1, -0.05) is 37.6 Å². The van der Waals surface area contributed by atoms with E-state index in [9.17, 15) is 9.59 Å². The van der Waals surface area contributed by atoms with E-state index in [1.54, 1.807) is 6.08 Å². The standard InChI is InChI=1S/C20H28O2/c1-13-6-9-16-17(20(16,4)5)12-15(3)19(22)11-8-14(2)18(21)10-7-13/h7-8,12,16-17H,6,9-11H2,1-5H3/b13-7+,14-8+,15-12+. The van der Waals surface area contributed by atoms with Crippen LogP contribution in [0.3, 0.4) is 0 Å². The summed E-state index contributed by atoms with van der Waals surface area (Å²) in [7, 11) is 0. The first-order chi connectivity index (χ1) is 10.2. The third kappa shape index (κ3) is 3.66. The molecule has 2 aliphatic rings. The number of allylic oxidation sites excluding steroid dienone is 6. The van der Waals surface area contributed by atoms with Crippen LogP contribution in [-0.2, 0) is 9.59 Å². The van der Waals surface area contributed by atoms with Crippen LogP contribution >= 0.6 is 0 Å². The van der Waals surface area contributed by atoms with E-state index in [2.05, 4.69) is 32.9 Å². The summed E-state index contributed by atoms with van der Waals surface area (Å²) in [4.78, 5) is 24.3. The minimum absolute atomic E-state index is 0.121. The molecule has 1 saturated carbocycles. The highest BCUT2D eigenvalue weighted by atomic mass is 16.1. The van der Waals surface area contributed by atoms with E-state index in [1.165, 1.54) is 5.57 Å². The summed E-state index contributed by atoms with van der Waals surface area (Å²) in [5.41, 5.74) is 3.15. The fourth-order valence-electron chi connectivity index (χ4n) is 3.47. The lowest BCUT2D eigenvalue weighted by Gasteiger charge is -2.04. The first kappa shape index (κ1) is 16.9. The van der Waals surface area contributed by atoms with Gasteiger partial charge in [-0.3, -0.25) is 9.59 Å². The molecule has 0 N–H and O–H groups in total. The first-order valence-corrected chi connectivity index (χ1v) is 8.30. The number of hydrogen-bond donors (Lipinski definition) is 0. The molecule has 0 aromatic heterocycles. The van der Waals surface area contributed by atoms with E-state index in [4.69, 9.17) is 0 Å². The maximum Gasteiger partial charge on any atom is 0.162 e. The molecular weight excluding hydrogens is 272 g/mol. The van der Waals surface area contributed by atoms with Crippen molar-refractivity contribution < 1.29 is 9.59 Å². The quantitative estimate of drug-likeness (QED) is 0.602. The first-order valence-electron chi connectivity index (χ1n) is 8.30. The van der Waals surface area contributed by atoms with E-state index in [0.717, 1.165) is 18.4 Å². The summed E-state index contributed by atoms with van der Waals surface area (Å²) in [6.07, 6.45) is 8.98. The van der Waals surface area contributed by atoms with E-state index in [1.807, 2.05) is 13.8 Å². The Morgan fingerprint density at radius 3 is 2.23 bits per heavy atom. The summed E-state index contributed by atoms with van der Waals surface area (Å²) in [5.74, 6) is 1.42. The largest absolute Gasteiger partial charge is 0.294 e. The maximum absolute atomic E-state index is 12.2. The highest BCUT2D eigenvalue weighted by molar-refractivity contribution is 5.99. The van der Waals surface area contributed by atoms with Gasteiger partial charge in [0.2, 0.25) is 0 Å². The predicted octanol–water partition coefficient (Wildman–Crippen LogP) is 4.81. The van der Waals surface area contributed by atoms with Crippen LogP contribution < -0.4 is 0 Å². The lowest BCUT2D eigenvalue weighted by molar-refractivity contribution is -0.114. The minimum atomic E-state index is 0.121. The highest BCUT2D eigenvalue weighted by Crippen LogP contribution is 2.61. The topological polar surface area (TPSA) is 34.1 Å². The molecule has 0 aliphatic heterocycles. The Bertz CT molecular complexity index is 573. The van der Waals surface area contributed by atoms with Crippen molar-refractivity contribution in [3.63, 3.8) is 0 Å². The predicted molar refractivity (Wildman–Crippen MR) is 90.5 cm³/mol. The van der Waals surface area contributed by atoms with Gasteiger partial charge in [0.25, 0.3) is 0 Å². The Labute approximate surface area is 134 Å². The van der Waals surface area contributed by atoms with Crippen molar-refractivity contribution in [3.8, 4) is 0 Å². The van der Waals surface area contributed by atoms with Gasteiger partial charge >= 0.3 is 0 Å². The number of rotatable bonds is 0. The van der Waals surface area contributed by atoms with Gasteiger partial charge in [-0.15, -0.1) is 0 Å². The van der Waals surface area contributed by atoms with Gasteiger partial charge in [0.05, 0.1) is 0 Å². The Hall–Kier alpha value is -1.44. The Balaban J connectivity index is 2.25. The van der Waals surface area contributed by atoms with Gasteiger partial charge in [-0.25, -0.2) is 0 Å². The van der Waals surface area contributed by atoms with Crippen molar-refractivity contribution >= 4 is 11.6 Å². The van der Waals surface area contributed by atoms with Gasteiger partial charge in [0, 0.05) is 12.8 Å². The summed E-state index contributed by atoms with van der Waals surface area (Å²) in [6, 6.07) is 0. The van der Waals surface area contributed by atoms with Gasteiger partial charge in [-0.05, 0) is 62.0 Å². The number of ketones is 2. The van der Waals surface area contributed by atoms with Gasteiger partial charge in [0.1, 0.15) is 0 Å². The van der Waals surface area contributed by atoms with Crippen LogP contribution in [0.2, 0.25) is 0 Å². The number of fused-ring (bicyclic) bond motifs is 1. The Morgan fingerprint density at radius 2 is 1.55 bits per heavy atom. The van der Waals surface area contributed by atoms with Crippen molar-refractivity contribution in [1.29, 1.82) is 0 Å². The van der Waals surface area contributed by atoms with Crippen LogP contribution in [0.5, 0.6) is 0 Å². The molecule has 0 amide bonds. The fraction of sp³-hybridized carbons (Fsp3) is 0.600. The zero-order valence-corrected chi connectivity index (χ0v) is 14.5. The van der Waals surface area contributed by atoms with Gasteiger partial charge in [0.15, 0.2) is 11.6 Å². The third-order valence-corrected chi connectivity index (χ3v) is 5.53. The lowest BCUT2D eigenvalue weighted by Crippen LogP contribution is -2.03. The van der Waals surface area contributed by atoms with Crippen molar-refractivity contribution in [2.24, 2.45) is 17.3 Å². The van der Waals surface area contributed by atoms with Crippen LogP contribution in [0, 0.1) is 17.3 Å². The molecule has 0 spiro atoms. The summed E-state index contributed by atoms with van der Waals surface area (Å²) in [6.45, 7) is 10.4. The van der Waals surface area contributed by atoms with E-state index >= 15 is 0 Å². The van der Waals surface area contributed by atoms with Crippen molar-refractivity contribution in [1.82, 2.24) is 0 Å². The van der Waals surface area contributed by atoms with E-state index < -0.39 is 0 Å². The van der Waals surface area contributed by atoms with Crippen LogP contribution in [-0.4, -0.2) is 11.6 Å². The Kier molecular flexibility index (Phi) is 4.89. The second-order valence-electron chi connectivity index (χ2n) is 7.53. The molecule has 0 aromatic carbocycles. The number of carbonyl (C=O) groups is 2. The SMILES string of the molecule is C/C1=C\CC(=O)/C(C)=C/CC(=O)/C(C)=C/C2C(CC1)C2(C)C. The molecule has 1 fully saturated rings. The molecule has 0 aromatic rings. The molecule has 0 saturated heterocycles. The molecule has 2 unspecified atom stereocenters. The monoisotopic (exact) mass is 300 g/mol. The summed E-state index contributed by atoms with van der Waals surface area (Å²) >= 11 is 0. The zero-order valence-electron chi connectivity index (χ0n) is 14.5. The van der Waals surface area contributed by atoms with Gasteiger partial charge < -0.3 is 0 Å². The molecule has 0 radical (unpaired) electrons. The van der Waals surface area contributed by atoms with Crippen molar-refractivity contribution in [2.45, 2.75) is 60.3 Å².